The van der Waals surface area contributed by atoms with Crippen molar-refractivity contribution in [3.8, 4) is 0 Å². The van der Waals surface area contributed by atoms with Crippen LogP contribution in [-0.4, -0.2) is 19.0 Å². The van der Waals surface area contributed by atoms with Crippen LogP contribution in [0.25, 0.3) is 0 Å². The number of benzene rings is 1. The number of amides is 1. The average molecular weight is 317 g/mol. The summed E-state index contributed by atoms with van der Waals surface area (Å²) in [6.45, 7) is 3.71. The normalized spacial score (nSPS) is 10.1. The number of methoxy groups -OCH3 is 1. The van der Waals surface area contributed by atoms with Crippen molar-refractivity contribution in [1.82, 2.24) is 0 Å². The molecule has 0 saturated carbocycles. The highest BCUT2D eigenvalue weighted by Crippen LogP contribution is 2.12. The second-order valence-electron chi connectivity index (χ2n) is 5.57. The van der Waals surface area contributed by atoms with Crippen molar-refractivity contribution in [3.63, 3.8) is 0 Å². The first-order chi connectivity index (χ1) is 11.2. The smallest absolute Gasteiger partial charge is 0.337 e. The lowest BCUT2D eigenvalue weighted by atomic mass is 10.1. The van der Waals surface area contributed by atoms with Gasteiger partial charge in [0.15, 0.2) is 0 Å². The second kappa shape index (κ2) is 11.5. The van der Waals surface area contributed by atoms with Crippen LogP contribution < -0.4 is 5.32 Å². The van der Waals surface area contributed by atoms with Crippen LogP contribution in [0, 0.1) is 0 Å². The molecule has 0 aliphatic carbocycles. The standard InChI is InChI=1S/C19H27NO3/c1-3-4-5-6-7-8-9-10-11-18(21)20-17-14-12-16(13-15-17)19(22)23-2/h3,12-15H,1,4-11H2,2H3,(H,20,21). The molecule has 0 saturated heterocycles. The number of carbonyl (C=O) groups excluding carboxylic acids is 2. The number of carbonyl (C=O) groups is 2. The number of nitrogens with one attached hydrogen (secondary N) is 1. The van der Waals surface area contributed by atoms with Crippen molar-refractivity contribution in [2.75, 3.05) is 12.4 Å². The Bertz CT molecular complexity index is 494. The Balaban J connectivity index is 2.16. The predicted octanol–water partition coefficient (Wildman–Crippen LogP) is 4.72. The van der Waals surface area contributed by atoms with E-state index in [-0.39, 0.29) is 11.9 Å². The summed E-state index contributed by atoms with van der Waals surface area (Å²) in [5.41, 5.74) is 1.18. The molecule has 0 radical (unpaired) electrons. The van der Waals surface area contributed by atoms with Crippen molar-refractivity contribution >= 4 is 17.6 Å². The monoisotopic (exact) mass is 317 g/mol. The molecule has 0 atom stereocenters. The quantitative estimate of drug-likeness (QED) is 0.365. The lowest BCUT2D eigenvalue weighted by Crippen LogP contribution is -2.11. The van der Waals surface area contributed by atoms with Gasteiger partial charge >= 0.3 is 5.97 Å². The van der Waals surface area contributed by atoms with Crippen molar-refractivity contribution in [2.45, 2.75) is 51.4 Å². The highest BCUT2D eigenvalue weighted by atomic mass is 16.5. The summed E-state index contributed by atoms with van der Waals surface area (Å²) in [4.78, 5) is 23.2. The Morgan fingerprint density at radius 2 is 1.65 bits per heavy atom. The van der Waals surface area contributed by atoms with Crippen LogP contribution in [0.1, 0.15) is 61.7 Å². The molecule has 1 aromatic rings. The molecular weight excluding hydrogens is 290 g/mol. The molecule has 1 rings (SSSR count). The number of hydrogen-bond acceptors (Lipinski definition) is 3. The average Bonchev–Trinajstić information content (AvgIpc) is 2.57. The molecule has 1 aromatic carbocycles. The van der Waals surface area contributed by atoms with E-state index in [0.717, 1.165) is 19.3 Å². The second-order valence-corrected chi connectivity index (χ2v) is 5.57. The van der Waals surface area contributed by atoms with E-state index in [4.69, 9.17) is 0 Å². The zero-order valence-electron chi connectivity index (χ0n) is 14.0. The van der Waals surface area contributed by atoms with Gasteiger partial charge in [-0.2, -0.15) is 0 Å². The van der Waals surface area contributed by atoms with Gasteiger partial charge in [-0.05, 0) is 43.5 Å². The van der Waals surface area contributed by atoms with Crippen LogP contribution in [0.4, 0.5) is 5.69 Å². The molecule has 126 valence electrons. The third-order valence-corrected chi connectivity index (χ3v) is 3.65. The third kappa shape index (κ3) is 8.19. The Morgan fingerprint density at radius 1 is 1.04 bits per heavy atom. The highest BCUT2D eigenvalue weighted by Gasteiger charge is 2.06. The van der Waals surface area contributed by atoms with E-state index >= 15 is 0 Å². The molecule has 4 nitrogen and oxygen atoms in total. The van der Waals surface area contributed by atoms with E-state index in [1.165, 1.54) is 32.8 Å². The molecule has 0 aliphatic heterocycles. The third-order valence-electron chi connectivity index (χ3n) is 3.65. The van der Waals surface area contributed by atoms with E-state index in [0.29, 0.717) is 17.7 Å². The van der Waals surface area contributed by atoms with Crippen molar-refractivity contribution < 1.29 is 14.3 Å². The summed E-state index contributed by atoms with van der Waals surface area (Å²) in [5, 5.41) is 2.84. The summed E-state index contributed by atoms with van der Waals surface area (Å²) in [6.07, 6.45) is 10.4. The van der Waals surface area contributed by atoms with E-state index in [9.17, 15) is 9.59 Å². The van der Waals surface area contributed by atoms with Crippen LogP contribution in [0.5, 0.6) is 0 Å². The Kier molecular flexibility index (Phi) is 9.45. The molecule has 0 aliphatic rings. The zero-order valence-corrected chi connectivity index (χ0v) is 14.0. The first-order valence-electron chi connectivity index (χ1n) is 8.26. The van der Waals surface area contributed by atoms with Gasteiger partial charge in [0, 0.05) is 12.1 Å². The van der Waals surface area contributed by atoms with Crippen molar-refractivity contribution in [2.24, 2.45) is 0 Å². The molecule has 1 N–H and O–H groups in total. The van der Waals surface area contributed by atoms with Crippen molar-refractivity contribution in [3.05, 3.63) is 42.5 Å². The maximum absolute atomic E-state index is 11.8. The molecule has 23 heavy (non-hydrogen) atoms. The molecule has 4 heteroatoms. The number of ether oxygens (including phenoxy) is 1. The van der Waals surface area contributed by atoms with Gasteiger partial charge in [-0.1, -0.05) is 31.8 Å². The molecule has 0 bridgehead atoms. The zero-order chi connectivity index (χ0) is 16.9. The molecule has 1 amide bonds. The van der Waals surface area contributed by atoms with Crippen LogP contribution in [-0.2, 0) is 9.53 Å². The van der Waals surface area contributed by atoms with E-state index < -0.39 is 0 Å². The van der Waals surface area contributed by atoms with Gasteiger partial charge in [0.25, 0.3) is 0 Å². The first-order valence-corrected chi connectivity index (χ1v) is 8.26. The van der Waals surface area contributed by atoms with Crippen LogP contribution in [0.2, 0.25) is 0 Å². The number of anilines is 1. The molecular formula is C19H27NO3. The maximum Gasteiger partial charge on any atom is 0.337 e. The largest absolute Gasteiger partial charge is 0.465 e. The molecule has 0 aromatic heterocycles. The summed E-state index contributed by atoms with van der Waals surface area (Å²) in [6, 6.07) is 6.71. The number of unbranched alkanes of at least 4 members (excludes halogenated alkanes) is 6. The predicted molar refractivity (Wildman–Crippen MR) is 93.5 cm³/mol. The molecule has 0 fully saturated rings. The summed E-state index contributed by atoms with van der Waals surface area (Å²) >= 11 is 0. The number of esters is 1. The highest BCUT2D eigenvalue weighted by molar-refractivity contribution is 5.92. The van der Waals surface area contributed by atoms with Gasteiger partial charge < -0.3 is 10.1 Å². The van der Waals surface area contributed by atoms with Gasteiger partial charge in [-0.3, -0.25) is 4.79 Å². The first kappa shape index (κ1) is 18.9. The summed E-state index contributed by atoms with van der Waals surface area (Å²) in [5.74, 6) is -0.363. The number of allylic oxidation sites excluding steroid dienone is 1. The van der Waals surface area contributed by atoms with Crippen LogP contribution in [0.3, 0.4) is 0 Å². The molecule has 0 unspecified atom stereocenters. The lowest BCUT2D eigenvalue weighted by molar-refractivity contribution is -0.116. The Hall–Kier alpha value is -2.10. The molecule has 0 heterocycles. The van der Waals surface area contributed by atoms with E-state index in [2.05, 4.69) is 16.6 Å². The minimum atomic E-state index is -0.379. The van der Waals surface area contributed by atoms with Crippen LogP contribution in [0.15, 0.2) is 36.9 Å². The van der Waals surface area contributed by atoms with Gasteiger partial charge in [0.2, 0.25) is 5.91 Å². The Labute approximate surface area is 138 Å². The van der Waals surface area contributed by atoms with E-state index in [1.54, 1.807) is 24.3 Å². The lowest BCUT2D eigenvalue weighted by Gasteiger charge is -2.06. The Morgan fingerprint density at radius 3 is 2.26 bits per heavy atom. The fraction of sp³-hybridized carbons (Fsp3) is 0.474. The van der Waals surface area contributed by atoms with Gasteiger partial charge in [0.05, 0.1) is 12.7 Å². The van der Waals surface area contributed by atoms with Gasteiger partial charge in [0.1, 0.15) is 0 Å². The van der Waals surface area contributed by atoms with Gasteiger partial charge in [-0.25, -0.2) is 4.79 Å². The van der Waals surface area contributed by atoms with Crippen LogP contribution >= 0.6 is 0 Å². The minimum absolute atomic E-state index is 0.0162. The number of rotatable bonds is 11. The summed E-state index contributed by atoms with van der Waals surface area (Å²) < 4.78 is 4.63. The fourth-order valence-corrected chi connectivity index (χ4v) is 2.31. The summed E-state index contributed by atoms with van der Waals surface area (Å²) in [7, 11) is 1.34. The van der Waals surface area contributed by atoms with Crippen molar-refractivity contribution in [1.29, 1.82) is 0 Å². The minimum Gasteiger partial charge on any atom is -0.465 e. The molecule has 0 spiro atoms. The SMILES string of the molecule is C=CCCCCCCCCC(=O)Nc1ccc(C(=O)OC)cc1. The number of hydrogen-bond donors (Lipinski definition) is 1. The van der Waals surface area contributed by atoms with E-state index in [1.807, 2.05) is 6.08 Å². The van der Waals surface area contributed by atoms with Gasteiger partial charge in [-0.15, -0.1) is 6.58 Å². The topological polar surface area (TPSA) is 55.4 Å². The maximum atomic E-state index is 11.8. The fourth-order valence-electron chi connectivity index (χ4n) is 2.31.